The molecule has 16 heavy (non-hydrogen) atoms. The fraction of sp³-hybridized carbons (Fsp3) is 0.400. The average molecular weight is 286 g/mol. The molecule has 1 rings (SSSR count). The van der Waals surface area contributed by atoms with Gasteiger partial charge in [0.15, 0.2) is 0 Å². The molecule has 0 heterocycles. The molecule has 1 aromatic carbocycles. The molecule has 86 valence electrons. The summed E-state index contributed by atoms with van der Waals surface area (Å²) in [6.45, 7) is 0.316. The summed E-state index contributed by atoms with van der Waals surface area (Å²) in [5.74, 6) is 0.678. The van der Waals surface area contributed by atoms with Crippen LogP contribution in [0.4, 0.5) is 0 Å². The van der Waals surface area contributed by atoms with Crippen molar-refractivity contribution in [2.75, 3.05) is 20.8 Å². The molecular formula is C10H12BrN3O2. The van der Waals surface area contributed by atoms with Crippen molar-refractivity contribution in [3.05, 3.63) is 38.7 Å². The van der Waals surface area contributed by atoms with Gasteiger partial charge in [-0.2, -0.15) is 0 Å². The Morgan fingerprint density at radius 2 is 2.25 bits per heavy atom. The van der Waals surface area contributed by atoms with E-state index in [1.54, 1.807) is 14.2 Å². The Morgan fingerprint density at radius 3 is 2.81 bits per heavy atom. The number of benzene rings is 1. The minimum absolute atomic E-state index is 0.316. The van der Waals surface area contributed by atoms with Crippen LogP contribution in [0.25, 0.3) is 10.4 Å². The normalized spacial score (nSPS) is 11.7. The van der Waals surface area contributed by atoms with Gasteiger partial charge >= 0.3 is 0 Å². The van der Waals surface area contributed by atoms with Crippen molar-refractivity contribution in [3.63, 3.8) is 0 Å². The van der Waals surface area contributed by atoms with Gasteiger partial charge in [-0.15, -0.1) is 0 Å². The molecule has 5 nitrogen and oxygen atoms in total. The van der Waals surface area contributed by atoms with E-state index in [1.165, 1.54) is 0 Å². The van der Waals surface area contributed by atoms with E-state index in [2.05, 4.69) is 26.0 Å². The van der Waals surface area contributed by atoms with Crippen molar-refractivity contribution in [1.29, 1.82) is 0 Å². The van der Waals surface area contributed by atoms with Crippen LogP contribution >= 0.6 is 15.9 Å². The molecule has 0 N–H and O–H groups in total. The van der Waals surface area contributed by atoms with Gasteiger partial charge < -0.3 is 9.47 Å². The van der Waals surface area contributed by atoms with E-state index in [9.17, 15) is 0 Å². The Labute approximate surface area is 102 Å². The van der Waals surface area contributed by atoms with E-state index in [0.717, 1.165) is 10.0 Å². The Morgan fingerprint density at radius 1 is 1.50 bits per heavy atom. The first-order chi connectivity index (χ1) is 7.72. The van der Waals surface area contributed by atoms with E-state index in [0.29, 0.717) is 12.4 Å². The maximum absolute atomic E-state index is 8.51. The molecule has 6 heteroatoms. The highest BCUT2D eigenvalue weighted by molar-refractivity contribution is 9.10. The summed E-state index contributed by atoms with van der Waals surface area (Å²) in [6, 6.07) is 5.15. The molecule has 0 saturated heterocycles. The summed E-state index contributed by atoms with van der Waals surface area (Å²) >= 11 is 3.36. The standard InChI is InChI=1S/C10H12BrN3O2/c1-15-6-9(13-14-12)8-5-7(11)3-4-10(8)16-2/h3-5,9H,6H2,1-2H3. The maximum atomic E-state index is 8.51. The van der Waals surface area contributed by atoms with Gasteiger partial charge in [0.2, 0.25) is 0 Å². The fourth-order valence-corrected chi connectivity index (χ4v) is 1.75. The molecule has 0 aromatic heterocycles. The molecule has 0 spiro atoms. The van der Waals surface area contributed by atoms with E-state index in [1.807, 2.05) is 18.2 Å². The topological polar surface area (TPSA) is 67.2 Å². The maximum Gasteiger partial charge on any atom is 0.122 e. The summed E-state index contributed by atoms with van der Waals surface area (Å²) in [7, 11) is 3.14. The smallest absolute Gasteiger partial charge is 0.122 e. The number of ether oxygens (including phenoxy) is 2. The van der Waals surface area contributed by atoms with E-state index >= 15 is 0 Å². The number of methoxy groups -OCH3 is 2. The van der Waals surface area contributed by atoms with E-state index in [-0.39, 0.29) is 6.04 Å². The second-order valence-corrected chi connectivity index (χ2v) is 3.98. The van der Waals surface area contributed by atoms with Gasteiger partial charge in [-0.1, -0.05) is 21.0 Å². The molecule has 0 fully saturated rings. The molecule has 0 amide bonds. The summed E-state index contributed by atoms with van der Waals surface area (Å²) in [5.41, 5.74) is 9.31. The summed E-state index contributed by atoms with van der Waals surface area (Å²) < 4.78 is 11.1. The van der Waals surface area contributed by atoms with E-state index < -0.39 is 0 Å². The second kappa shape index (κ2) is 6.37. The predicted molar refractivity (Wildman–Crippen MR) is 64.5 cm³/mol. The van der Waals surface area contributed by atoms with Crippen LogP contribution in [0.5, 0.6) is 5.75 Å². The van der Waals surface area contributed by atoms with Crippen LogP contribution in [0.2, 0.25) is 0 Å². The average Bonchev–Trinajstić information content (AvgIpc) is 2.29. The van der Waals surface area contributed by atoms with Crippen LogP contribution in [-0.2, 0) is 4.74 Å². The number of azide groups is 1. The lowest BCUT2D eigenvalue weighted by atomic mass is 10.1. The van der Waals surface area contributed by atoms with Crippen molar-refractivity contribution in [2.24, 2.45) is 5.11 Å². The van der Waals surface area contributed by atoms with E-state index in [4.69, 9.17) is 15.0 Å². The molecular weight excluding hydrogens is 274 g/mol. The monoisotopic (exact) mass is 285 g/mol. The van der Waals surface area contributed by atoms with Crippen molar-refractivity contribution in [2.45, 2.75) is 6.04 Å². The van der Waals surface area contributed by atoms with Gasteiger partial charge in [0.05, 0.1) is 19.8 Å². The molecule has 1 atom stereocenters. The highest BCUT2D eigenvalue weighted by atomic mass is 79.9. The van der Waals surface area contributed by atoms with Crippen LogP contribution < -0.4 is 4.74 Å². The fourth-order valence-electron chi connectivity index (χ4n) is 1.37. The number of halogens is 1. The highest BCUT2D eigenvalue weighted by Gasteiger charge is 2.14. The number of hydrogen-bond acceptors (Lipinski definition) is 3. The number of rotatable bonds is 5. The first-order valence-corrected chi connectivity index (χ1v) is 5.38. The first kappa shape index (κ1) is 12.8. The summed E-state index contributed by atoms with van der Waals surface area (Å²) in [6.07, 6.45) is 0. The first-order valence-electron chi connectivity index (χ1n) is 4.59. The van der Waals surface area contributed by atoms with Crippen molar-refractivity contribution in [1.82, 2.24) is 0 Å². The zero-order valence-corrected chi connectivity index (χ0v) is 10.6. The van der Waals surface area contributed by atoms with Crippen molar-refractivity contribution in [3.8, 4) is 5.75 Å². The van der Waals surface area contributed by atoms with Crippen molar-refractivity contribution < 1.29 is 9.47 Å². The van der Waals surface area contributed by atoms with Crippen LogP contribution in [0, 0.1) is 0 Å². The van der Waals surface area contributed by atoms with Gasteiger partial charge in [-0.3, -0.25) is 0 Å². The third-order valence-corrected chi connectivity index (χ3v) is 2.56. The minimum atomic E-state index is -0.387. The lowest BCUT2D eigenvalue weighted by Crippen LogP contribution is -2.05. The number of nitrogens with zero attached hydrogens (tertiary/aromatic N) is 3. The lowest BCUT2D eigenvalue weighted by Gasteiger charge is -2.14. The third-order valence-electron chi connectivity index (χ3n) is 2.07. The van der Waals surface area contributed by atoms with Crippen LogP contribution in [-0.4, -0.2) is 20.8 Å². The van der Waals surface area contributed by atoms with Gasteiger partial charge in [0, 0.05) is 22.1 Å². The zero-order chi connectivity index (χ0) is 12.0. The van der Waals surface area contributed by atoms with Crippen LogP contribution in [0.3, 0.4) is 0 Å². The molecule has 0 bridgehead atoms. The lowest BCUT2D eigenvalue weighted by molar-refractivity contribution is 0.179. The van der Waals surface area contributed by atoms with Gasteiger partial charge in [-0.05, 0) is 23.7 Å². The van der Waals surface area contributed by atoms with Crippen molar-refractivity contribution >= 4 is 15.9 Å². The highest BCUT2D eigenvalue weighted by Crippen LogP contribution is 2.30. The van der Waals surface area contributed by atoms with Crippen LogP contribution in [0.15, 0.2) is 27.8 Å². The Kier molecular flexibility index (Phi) is 5.11. The molecule has 0 aliphatic carbocycles. The largest absolute Gasteiger partial charge is 0.496 e. The van der Waals surface area contributed by atoms with Gasteiger partial charge in [0.25, 0.3) is 0 Å². The minimum Gasteiger partial charge on any atom is -0.496 e. The molecule has 0 saturated carbocycles. The predicted octanol–water partition coefficient (Wildman–Crippen LogP) is 3.46. The molecule has 0 radical (unpaired) electrons. The summed E-state index contributed by atoms with van der Waals surface area (Å²) in [4.78, 5) is 2.81. The zero-order valence-electron chi connectivity index (χ0n) is 9.05. The number of hydrogen-bond donors (Lipinski definition) is 0. The van der Waals surface area contributed by atoms with Gasteiger partial charge in [0.1, 0.15) is 5.75 Å². The molecule has 1 aromatic rings. The Hall–Kier alpha value is -1.23. The SMILES string of the molecule is COCC(N=[N+]=[N-])c1cc(Br)ccc1OC. The quantitative estimate of drug-likeness (QED) is 0.472. The summed E-state index contributed by atoms with van der Waals surface area (Å²) in [5, 5.41) is 3.69. The Bertz CT molecular complexity index is 405. The molecule has 0 aliphatic rings. The second-order valence-electron chi connectivity index (χ2n) is 3.06. The Balaban J connectivity index is 3.14. The van der Waals surface area contributed by atoms with Gasteiger partial charge in [-0.25, -0.2) is 0 Å². The molecule has 0 aliphatic heterocycles. The van der Waals surface area contributed by atoms with Crippen LogP contribution in [0.1, 0.15) is 11.6 Å². The third kappa shape index (κ3) is 3.13. The molecule has 1 unspecified atom stereocenters.